The Morgan fingerprint density at radius 3 is 2.47 bits per heavy atom. The highest BCUT2D eigenvalue weighted by atomic mass is 32.2. The highest BCUT2D eigenvalue weighted by molar-refractivity contribution is 8.40. The quantitative estimate of drug-likeness (QED) is 0.397. The predicted molar refractivity (Wildman–Crippen MR) is 136 cm³/mol. The number of thioether (sulfide) groups is 2. The molecule has 6 heteroatoms. The summed E-state index contributed by atoms with van der Waals surface area (Å²) in [6, 6.07) is 18.9. The Morgan fingerprint density at radius 2 is 1.78 bits per heavy atom. The fourth-order valence-electron chi connectivity index (χ4n) is 4.40. The van der Waals surface area contributed by atoms with E-state index in [0.29, 0.717) is 10.8 Å². The summed E-state index contributed by atoms with van der Waals surface area (Å²) < 4.78 is 2.67. The Kier molecular flexibility index (Phi) is 6.32. The fraction of sp³-hybridized carbons (Fsp3) is 0.269. The van der Waals surface area contributed by atoms with Gasteiger partial charge in [-0.2, -0.15) is 10.1 Å². The molecule has 0 saturated heterocycles. The van der Waals surface area contributed by atoms with Crippen molar-refractivity contribution in [2.45, 2.75) is 38.0 Å². The summed E-state index contributed by atoms with van der Waals surface area (Å²) in [6.45, 7) is 0. The van der Waals surface area contributed by atoms with Crippen LogP contribution in [0.4, 0.5) is 0 Å². The van der Waals surface area contributed by atoms with Crippen LogP contribution in [0, 0.1) is 0 Å². The van der Waals surface area contributed by atoms with Crippen molar-refractivity contribution in [1.82, 2.24) is 9.78 Å². The SMILES string of the molecule is CSC1=NC(=O)C(=Cc2cn(-c3ccccc3)nc2-c2ccc(C3CCCCC3)cc2)S1. The first-order valence-corrected chi connectivity index (χ1v) is 13.1. The smallest absolute Gasteiger partial charge is 0.266 e. The second kappa shape index (κ2) is 9.51. The number of amides is 1. The van der Waals surface area contributed by atoms with Gasteiger partial charge in [0.25, 0.3) is 5.91 Å². The summed E-state index contributed by atoms with van der Waals surface area (Å²) in [7, 11) is 0. The largest absolute Gasteiger partial charge is 0.285 e. The third kappa shape index (κ3) is 4.48. The summed E-state index contributed by atoms with van der Waals surface area (Å²) in [6.07, 6.45) is 12.5. The molecule has 1 saturated carbocycles. The van der Waals surface area contributed by atoms with Crippen molar-refractivity contribution >= 4 is 39.9 Å². The maximum Gasteiger partial charge on any atom is 0.285 e. The molecule has 162 valence electrons. The number of carbonyl (C=O) groups is 1. The van der Waals surface area contributed by atoms with Crippen LogP contribution in [-0.2, 0) is 4.79 Å². The van der Waals surface area contributed by atoms with Gasteiger partial charge in [0.1, 0.15) is 4.38 Å². The number of aromatic nitrogens is 2. The van der Waals surface area contributed by atoms with Gasteiger partial charge in [-0.3, -0.25) is 4.79 Å². The Bertz CT molecular complexity index is 1170. The molecule has 1 fully saturated rings. The summed E-state index contributed by atoms with van der Waals surface area (Å²) in [5.74, 6) is 0.501. The molecule has 0 bridgehead atoms. The zero-order chi connectivity index (χ0) is 21.9. The highest BCUT2D eigenvalue weighted by Gasteiger charge is 2.23. The fourth-order valence-corrected chi connectivity index (χ4v) is 5.81. The normalized spacial score (nSPS) is 18.3. The monoisotopic (exact) mass is 459 g/mol. The van der Waals surface area contributed by atoms with E-state index in [4.69, 9.17) is 5.10 Å². The zero-order valence-electron chi connectivity index (χ0n) is 18.0. The zero-order valence-corrected chi connectivity index (χ0v) is 19.7. The molecule has 4 nitrogen and oxygen atoms in total. The first kappa shape index (κ1) is 21.3. The van der Waals surface area contributed by atoms with Crippen molar-refractivity contribution in [3.63, 3.8) is 0 Å². The number of rotatable bonds is 4. The van der Waals surface area contributed by atoms with Gasteiger partial charge in [-0.05, 0) is 48.8 Å². The van der Waals surface area contributed by atoms with Crippen molar-refractivity contribution in [2.75, 3.05) is 6.26 Å². The third-order valence-corrected chi connectivity index (χ3v) is 8.05. The van der Waals surface area contributed by atoms with Gasteiger partial charge in [0.05, 0.1) is 16.3 Å². The standard InChI is InChI=1S/C26H25N3OS2/c1-31-26-27-25(30)23(32-26)16-21-17-29(22-10-6-3-7-11-22)28-24(21)20-14-12-19(13-15-20)18-8-4-2-5-9-18/h3,6-7,10-18H,2,4-5,8-9H2,1H3. The average Bonchev–Trinajstić information content (AvgIpc) is 3.44. The Balaban J connectivity index is 1.52. The molecule has 0 atom stereocenters. The lowest BCUT2D eigenvalue weighted by molar-refractivity contribution is -0.113. The van der Waals surface area contributed by atoms with Crippen LogP contribution in [0.2, 0.25) is 0 Å². The molecule has 2 aromatic carbocycles. The van der Waals surface area contributed by atoms with Gasteiger partial charge in [-0.25, -0.2) is 4.68 Å². The van der Waals surface area contributed by atoms with E-state index in [1.54, 1.807) is 0 Å². The molecule has 32 heavy (non-hydrogen) atoms. The van der Waals surface area contributed by atoms with Gasteiger partial charge in [-0.15, -0.1) is 11.8 Å². The van der Waals surface area contributed by atoms with Gasteiger partial charge < -0.3 is 0 Å². The van der Waals surface area contributed by atoms with Crippen molar-refractivity contribution in [2.24, 2.45) is 4.99 Å². The van der Waals surface area contributed by atoms with Gasteiger partial charge in [0.2, 0.25) is 0 Å². The van der Waals surface area contributed by atoms with E-state index in [1.807, 2.05) is 53.5 Å². The molecule has 2 heterocycles. The number of para-hydroxylation sites is 1. The van der Waals surface area contributed by atoms with E-state index in [-0.39, 0.29) is 5.91 Å². The first-order chi connectivity index (χ1) is 15.7. The number of benzene rings is 2. The first-order valence-electron chi connectivity index (χ1n) is 11.0. The average molecular weight is 460 g/mol. The molecule has 0 unspecified atom stereocenters. The van der Waals surface area contributed by atoms with Gasteiger partial charge >= 0.3 is 0 Å². The molecule has 1 aliphatic heterocycles. The number of nitrogens with zero attached hydrogens (tertiary/aromatic N) is 3. The lowest BCUT2D eigenvalue weighted by Crippen LogP contribution is -2.04. The van der Waals surface area contributed by atoms with Crippen LogP contribution in [0.15, 0.2) is 70.7 Å². The van der Waals surface area contributed by atoms with Crippen LogP contribution >= 0.6 is 23.5 Å². The van der Waals surface area contributed by atoms with E-state index in [9.17, 15) is 4.79 Å². The van der Waals surface area contributed by atoms with Crippen LogP contribution in [0.1, 0.15) is 49.1 Å². The number of hydrogen-bond acceptors (Lipinski definition) is 4. The van der Waals surface area contributed by atoms with E-state index < -0.39 is 0 Å². The number of hydrogen-bond donors (Lipinski definition) is 0. The van der Waals surface area contributed by atoms with Crippen molar-refractivity contribution in [1.29, 1.82) is 0 Å². The minimum absolute atomic E-state index is 0.176. The molecule has 0 spiro atoms. The van der Waals surface area contributed by atoms with Crippen LogP contribution in [0.25, 0.3) is 23.0 Å². The van der Waals surface area contributed by atoms with Gasteiger partial charge in [0.15, 0.2) is 0 Å². The Hall–Kier alpha value is -2.57. The number of aliphatic imine (C=N–C) groups is 1. The maximum atomic E-state index is 12.4. The Labute approximate surface area is 197 Å². The lowest BCUT2D eigenvalue weighted by atomic mass is 9.84. The van der Waals surface area contributed by atoms with Crippen LogP contribution in [0.5, 0.6) is 0 Å². The van der Waals surface area contributed by atoms with E-state index in [0.717, 1.165) is 26.9 Å². The molecule has 0 radical (unpaired) electrons. The molecular weight excluding hydrogens is 434 g/mol. The molecule has 3 aromatic rings. The number of carbonyl (C=O) groups excluding carboxylic acids is 1. The molecule has 5 rings (SSSR count). The maximum absolute atomic E-state index is 12.4. The van der Waals surface area contributed by atoms with Crippen LogP contribution in [-0.4, -0.2) is 26.3 Å². The van der Waals surface area contributed by atoms with Crippen LogP contribution in [0.3, 0.4) is 0 Å². The topological polar surface area (TPSA) is 47.2 Å². The van der Waals surface area contributed by atoms with Gasteiger partial charge in [-0.1, -0.05) is 73.5 Å². The van der Waals surface area contributed by atoms with Crippen LogP contribution < -0.4 is 0 Å². The summed E-state index contributed by atoms with van der Waals surface area (Å²) in [5.41, 5.74) is 5.28. The minimum atomic E-state index is -0.176. The summed E-state index contributed by atoms with van der Waals surface area (Å²) in [5, 5.41) is 4.91. The predicted octanol–water partition coefficient (Wildman–Crippen LogP) is 6.92. The molecule has 1 amide bonds. The second-order valence-corrected chi connectivity index (χ2v) is 10.3. The lowest BCUT2D eigenvalue weighted by Gasteiger charge is -2.22. The molecule has 1 aliphatic carbocycles. The summed E-state index contributed by atoms with van der Waals surface area (Å²) >= 11 is 2.93. The molecule has 1 aromatic heterocycles. The van der Waals surface area contributed by atoms with E-state index >= 15 is 0 Å². The molecular formula is C26H25N3OS2. The van der Waals surface area contributed by atoms with Crippen molar-refractivity contribution in [3.8, 4) is 16.9 Å². The molecule has 2 aliphatic rings. The Morgan fingerprint density at radius 1 is 1.03 bits per heavy atom. The second-order valence-electron chi connectivity index (χ2n) is 8.17. The minimum Gasteiger partial charge on any atom is -0.266 e. The van der Waals surface area contributed by atoms with E-state index in [2.05, 4.69) is 29.3 Å². The van der Waals surface area contributed by atoms with Gasteiger partial charge in [0, 0.05) is 17.3 Å². The van der Waals surface area contributed by atoms with Crippen molar-refractivity contribution in [3.05, 3.63) is 76.8 Å². The molecule has 0 N–H and O–H groups in total. The highest BCUT2D eigenvalue weighted by Crippen LogP contribution is 2.36. The van der Waals surface area contributed by atoms with E-state index in [1.165, 1.54) is 61.2 Å². The third-order valence-electron chi connectivity index (χ3n) is 6.09. The van der Waals surface area contributed by atoms with Crippen molar-refractivity contribution < 1.29 is 4.79 Å². The summed E-state index contributed by atoms with van der Waals surface area (Å²) in [4.78, 5) is 17.1.